The lowest BCUT2D eigenvalue weighted by Gasteiger charge is -2.20. The van der Waals surface area contributed by atoms with Crippen LogP contribution in [0.15, 0.2) is 96.6 Å². The van der Waals surface area contributed by atoms with Gasteiger partial charge in [0.1, 0.15) is 0 Å². The number of fused-ring (bicyclic) bond motifs is 3. The molecule has 3 aromatic rings. The summed E-state index contributed by atoms with van der Waals surface area (Å²) < 4.78 is 0. The van der Waals surface area contributed by atoms with E-state index >= 15 is 0 Å². The van der Waals surface area contributed by atoms with Crippen molar-refractivity contribution in [2.75, 3.05) is 6.61 Å². The quantitative estimate of drug-likeness (QED) is 0.625. The van der Waals surface area contributed by atoms with E-state index in [4.69, 9.17) is 5.11 Å². The first-order chi connectivity index (χ1) is 14.2. The van der Waals surface area contributed by atoms with Crippen LogP contribution in [0, 0.1) is 0 Å². The van der Waals surface area contributed by atoms with E-state index < -0.39 is 0 Å². The maximum absolute atomic E-state index is 13.5. The number of aliphatic hydroxyl groups excluding tert-OH is 1. The number of ketones is 1. The molecule has 0 atom stereocenters. The number of rotatable bonds is 2. The molecule has 0 amide bonds. The minimum Gasteiger partial charge on any atom is -0.397 e. The van der Waals surface area contributed by atoms with E-state index in [2.05, 4.69) is 30.3 Å². The summed E-state index contributed by atoms with van der Waals surface area (Å²) in [4.78, 5) is 13.5. The first-order valence-electron chi connectivity index (χ1n) is 9.78. The number of hydrogen-bond donors (Lipinski definition) is 1. The van der Waals surface area contributed by atoms with Crippen molar-refractivity contribution in [3.05, 3.63) is 119 Å². The van der Waals surface area contributed by atoms with Crippen LogP contribution in [0.1, 0.15) is 29.2 Å². The van der Waals surface area contributed by atoms with Crippen LogP contribution in [-0.4, -0.2) is 17.5 Å². The number of carbonyl (C=O) groups excluding carboxylic acids is 1. The third-order valence-corrected chi connectivity index (χ3v) is 5.02. The molecule has 1 N–H and O–H groups in total. The SMILES string of the molecule is CCO.O=C1C2=Cc3ccccc3C2=CC(c2ccccc2)=C1c1ccccc1. The van der Waals surface area contributed by atoms with Gasteiger partial charge in [-0.3, -0.25) is 4.79 Å². The second kappa shape index (κ2) is 8.26. The second-order valence-corrected chi connectivity index (χ2v) is 6.87. The predicted octanol–water partition coefficient (Wildman–Crippen LogP) is 5.66. The van der Waals surface area contributed by atoms with Gasteiger partial charge in [-0.1, -0.05) is 84.9 Å². The molecule has 142 valence electrons. The zero-order valence-corrected chi connectivity index (χ0v) is 16.3. The van der Waals surface area contributed by atoms with Gasteiger partial charge >= 0.3 is 0 Å². The summed E-state index contributed by atoms with van der Waals surface area (Å²) in [5.41, 5.74) is 7.87. The van der Waals surface area contributed by atoms with Gasteiger partial charge in [-0.2, -0.15) is 0 Å². The van der Waals surface area contributed by atoms with E-state index in [1.807, 2.05) is 66.7 Å². The van der Waals surface area contributed by atoms with Crippen LogP contribution in [0.2, 0.25) is 0 Å². The molecule has 0 bridgehead atoms. The van der Waals surface area contributed by atoms with E-state index in [-0.39, 0.29) is 12.4 Å². The van der Waals surface area contributed by atoms with Gasteiger partial charge in [-0.25, -0.2) is 0 Å². The van der Waals surface area contributed by atoms with Crippen molar-refractivity contribution >= 4 is 28.6 Å². The summed E-state index contributed by atoms with van der Waals surface area (Å²) in [6, 6.07) is 28.3. The maximum Gasteiger partial charge on any atom is 0.194 e. The van der Waals surface area contributed by atoms with E-state index in [0.717, 1.165) is 44.5 Å². The van der Waals surface area contributed by atoms with E-state index in [1.165, 1.54) is 0 Å². The van der Waals surface area contributed by atoms with Gasteiger partial charge in [-0.05, 0) is 52.5 Å². The fraction of sp³-hybridized carbons (Fsp3) is 0.0741. The largest absolute Gasteiger partial charge is 0.397 e. The molecule has 3 aromatic carbocycles. The fourth-order valence-corrected chi connectivity index (χ4v) is 3.80. The molecule has 2 aliphatic carbocycles. The highest BCUT2D eigenvalue weighted by Crippen LogP contribution is 2.45. The highest BCUT2D eigenvalue weighted by Gasteiger charge is 2.32. The van der Waals surface area contributed by atoms with Gasteiger partial charge in [0.15, 0.2) is 5.78 Å². The molecule has 0 fully saturated rings. The highest BCUT2D eigenvalue weighted by atomic mass is 16.2. The summed E-state index contributed by atoms with van der Waals surface area (Å²) in [7, 11) is 0. The number of carbonyl (C=O) groups is 1. The second-order valence-electron chi connectivity index (χ2n) is 6.87. The Morgan fingerprint density at radius 3 is 1.90 bits per heavy atom. The van der Waals surface area contributed by atoms with Gasteiger partial charge in [0.2, 0.25) is 0 Å². The first kappa shape index (κ1) is 18.9. The predicted molar refractivity (Wildman–Crippen MR) is 120 cm³/mol. The number of hydrogen-bond acceptors (Lipinski definition) is 2. The summed E-state index contributed by atoms with van der Waals surface area (Å²) in [5, 5.41) is 7.57. The molecule has 2 aliphatic rings. The highest BCUT2D eigenvalue weighted by molar-refractivity contribution is 6.44. The number of aliphatic hydroxyl groups is 1. The van der Waals surface area contributed by atoms with E-state index in [1.54, 1.807) is 6.92 Å². The van der Waals surface area contributed by atoms with Crippen LogP contribution < -0.4 is 0 Å². The minimum atomic E-state index is 0.101. The van der Waals surface area contributed by atoms with Crippen LogP contribution in [0.25, 0.3) is 22.8 Å². The van der Waals surface area contributed by atoms with Gasteiger partial charge in [0.25, 0.3) is 0 Å². The minimum absolute atomic E-state index is 0.101. The topological polar surface area (TPSA) is 37.3 Å². The molecule has 0 saturated carbocycles. The van der Waals surface area contributed by atoms with Crippen molar-refractivity contribution < 1.29 is 9.90 Å². The molecule has 2 nitrogen and oxygen atoms in total. The summed E-state index contributed by atoms with van der Waals surface area (Å²) in [6.07, 6.45) is 4.20. The number of allylic oxidation sites excluding steroid dienone is 5. The maximum atomic E-state index is 13.5. The monoisotopic (exact) mass is 378 g/mol. The fourth-order valence-electron chi connectivity index (χ4n) is 3.80. The molecule has 5 rings (SSSR count). The van der Waals surface area contributed by atoms with Crippen LogP contribution in [0.5, 0.6) is 0 Å². The van der Waals surface area contributed by atoms with E-state index in [9.17, 15) is 4.79 Å². The Kier molecular flexibility index (Phi) is 5.37. The molecular weight excluding hydrogens is 356 g/mol. The van der Waals surface area contributed by atoms with Crippen molar-refractivity contribution in [2.45, 2.75) is 6.92 Å². The van der Waals surface area contributed by atoms with Crippen LogP contribution in [-0.2, 0) is 4.79 Å². The molecule has 0 aromatic heterocycles. The molecule has 0 saturated heterocycles. The van der Waals surface area contributed by atoms with Crippen LogP contribution >= 0.6 is 0 Å². The Labute approximate surface area is 171 Å². The number of benzene rings is 3. The zero-order chi connectivity index (χ0) is 20.2. The Bertz CT molecular complexity index is 1130. The third-order valence-electron chi connectivity index (χ3n) is 5.02. The van der Waals surface area contributed by atoms with Crippen molar-refractivity contribution in [3.8, 4) is 0 Å². The van der Waals surface area contributed by atoms with Gasteiger partial charge in [0.05, 0.1) is 0 Å². The first-order valence-corrected chi connectivity index (χ1v) is 9.78. The Morgan fingerprint density at radius 1 is 0.690 bits per heavy atom. The Balaban J connectivity index is 0.000000645. The molecule has 0 aliphatic heterocycles. The van der Waals surface area contributed by atoms with Gasteiger partial charge in [-0.15, -0.1) is 0 Å². The molecule has 0 spiro atoms. The molecule has 0 heterocycles. The molecule has 0 unspecified atom stereocenters. The lowest BCUT2D eigenvalue weighted by Crippen LogP contribution is -2.12. The molecule has 29 heavy (non-hydrogen) atoms. The van der Waals surface area contributed by atoms with Gasteiger partial charge in [0, 0.05) is 17.8 Å². The third kappa shape index (κ3) is 3.51. The lowest BCUT2D eigenvalue weighted by molar-refractivity contribution is -0.110. The van der Waals surface area contributed by atoms with E-state index in [0.29, 0.717) is 0 Å². The standard InChI is InChI=1S/C25H16O.C2H6O/c26-25-23-15-19-13-7-8-14-20(19)22(23)16-21(17-9-3-1-4-10-17)24(25)18-11-5-2-6-12-18;1-2-3/h1-16H;3H,2H2,1H3. The Morgan fingerprint density at radius 2 is 1.24 bits per heavy atom. The van der Waals surface area contributed by atoms with Crippen molar-refractivity contribution in [2.24, 2.45) is 0 Å². The molecule has 0 radical (unpaired) electrons. The van der Waals surface area contributed by atoms with Crippen LogP contribution in [0.3, 0.4) is 0 Å². The summed E-state index contributed by atoms with van der Waals surface area (Å²) in [5.74, 6) is 0.101. The van der Waals surface area contributed by atoms with Gasteiger partial charge < -0.3 is 5.11 Å². The number of Topliss-reactive ketones (excluding diaryl/α,β-unsaturated/α-hetero) is 1. The zero-order valence-electron chi connectivity index (χ0n) is 16.3. The molecular formula is C27H22O2. The summed E-state index contributed by atoms with van der Waals surface area (Å²) >= 11 is 0. The smallest absolute Gasteiger partial charge is 0.194 e. The van der Waals surface area contributed by atoms with Crippen LogP contribution in [0.4, 0.5) is 0 Å². The normalized spacial score (nSPS) is 14.3. The van der Waals surface area contributed by atoms with Crippen molar-refractivity contribution in [1.82, 2.24) is 0 Å². The Hall–Kier alpha value is -3.49. The lowest BCUT2D eigenvalue weighted by atomic mass is 9.81. The molecule has 2 heteroatoms. The average Bonchev–Trinajstić information content (AvgIpc) is 3.15. The van der Waals surface area contributed by atoms with Crippen molar-refractivity contribution in [1.29, 1.82) is 0 Å². The van der Waals surface area contributed by atoms with Crippen molar-refractivity contribution in [3.63, 3.8) is 0 Å². The summed E-state index contributed by atoms with van der Waals surface area (Å²) in [6.45, 7) is 1.93. The average molecular weight is 378 g/mol.